The molecule has 2 heterocycles. The van der Waals surface area contributed by atoms with Gasteiger partial charge < -0.3 is 9.88 Å². The number of piperidine rings is 1. The molecular weight excluding hydrogens is 424 g/mol. The van der Waals surface area contributed by atoms with Gasteiger partial charge in [-0.2, -0.15) is 4.31 Å². The minimum absolute atomic E-state index is 0.222. The Labute approximate surface area is 189 Å². The van der Waals surface area contributed by atoms with E-state index in [1.165, 1.54) is 6.07 Å². The van der Waals surface area contributed by atoms with Gasteiger partial charge in [-0.15, -0.1) is 0 Å². The number of aryl methyl sites for hydroxylation is 2. The summed E-state index contributed by atoms with van der Waals surface area (Å²) >= 11 is 0. The number of amides is 1. The molecule has 4 rings (SSSR count). The lowest BCUT2D eigenvalue weighted by Crippen LogP contribution is -2.38. The largest absolute Gasteiger partial charge is 0.345 e. The van der Waals surface area contributed by atoms with E-state index < -0.39 is 10.0 Å². The Morgan fingerprint density at radius 3 is 2.53 bits per heavy atom. The molecule has 170 valence electrons. The lowest BCUT2D eigenvalue weighted by Gasteiger charge is -2.30. The van der Waals surface area contributed by atoms with Crippen molar-refractivity contribution < 1.29 is 13.2 Å². The van der Waals surface area contributed by atoms with Crippen molar-refractivity contribution in [3.8, 4) is 0 Å². The fourth-order valence-corrected chi connectivity index (χ4v) is 6.00. The molecule has 1 saturated heterocycles. The Hall–Kier alpha value is -2.71. The number of hydrogen-bond acceptors (Lipinski definition) is 4. The zero-order valence-corrected chi connectivity index (χ0v) is 19.9. The second-order valence-electron chi connectivity index (χ2n) is 8.76. The van der Waals surface area contributed by atoms with Crippen LogP contribution in [0.4, 0.5) is 0 Å². The number of nitrogens with one attached hydrogen (secondary N) is 1. The third-order valence-corrected chi connectivity index (χ3v) is 8.55. The van der Waals surface area contributed by atoms with Crippen molar-refractivity contribution in [2.75, 3.05) is 13.1 Å². The molecule has 3 aromatic rings. The molecule has 1 fully saturated rings. The highest BCUT2D eigenvalue weighted by molar-refractivity contribution is 7.89. The normalized spacial score (nSPS) is 15.9. The number of fused-ring (bicyclic) bond motifs is 1. The van der Waals surface area contributed by atoms with E-state index in [2.05, 4.69) is 17.2 Å². The Kier molecular flexibility index (Phi) is 6.09. The predicted molar refractivity (Wildman–Crippen MR) is 125 cm³/mol. The van der Waals surface area contributed by atoms with Crippen molar-refractivity contribution in [2.24, 2.45) is 13.0 Å². The zero-order valence-electron chi connectivity index (χ0n) is 19.1. The molecule has 1 amide bonds. The van der Waals surface area contributed by atoms with E-state index in [4.69, 9.17) is 0 Å². The molecule has 1 aliphatic rings. The van der Waals surface area contributed by atoms with Crippen molar-refractivity contribution in [3.05, 3.63) is 58.9 Å². The molecule has 32 heavy (non-hydrogen) atoms. The van der Waals surface area contributed by atoms with Crippen LogP contribution >= 0.6 is 0 Å². The summed E-state index contributed by atoms with van der Waals surface area (Å²) in [5, 5.41) is 2.90. The highest BCUT2D eigenvalue weighted by Crippen LogP contribution is 2.28. The quantitative estimate of drug-likeness (QED) is 0.639. The topological polar surface area (TPSA) is 84.3 Å². The fraction of sp³-hybridized carbons (Fsp3) is 0.417. The number of carbonyl (C=O) groups is 1. The van der Waals surface area contributed by atoms with Crippen molar-refractivity contribution >= 4 is 27.0 Å². The number of imidazole rings is 1. The Morgan fingerprint density at radius 2 is 1.84 bits per heavy atom. The summed E-state index contributed by atoms with van der Waals surface area (Å²) in [5.41, 5.74) is 3.68. The molecule has 0 saturated carbocycles. The summed E-state index contributed by atoms with van der Waals surface area (Å²) in [6, 6.07) is 11.1. The molecule has 1 aromatic heterocycles. The van der Waals surface area contributed by atoms with Crippen LogP contribution < -0.4 is 5.32 Å². The molecule has 7 nitrogen and oxygen atoms in total. The van der Waals surface area contributed by atoms with Gasteiger partial charge in [0.1, 0.15) is 5.82 Å². The number of benzene rings is 2. The van der Waals surface area contributed by atoms with Gasteiger partial charge in [-0.1, -0.05) is 19.1 Å². The number of para-hydroxylation sites is 2. The molecule has 1 aliphatic heterocycles. The second kappa shape index (κ2) is 8.67. The Balaban J connectivity index is 1.57. The molecule has 0 atom stereocenters. The average Bonchev–Trinajstić information content (AvgIpc) is 3.09. The lowest BCUT2D eigenvalue weighted by atomic mass is 10.0. The van der Waals surface area contributed by atoms with Crippen molar-refractivity contribution in [1.29, 1.82) is 0 Å². The van der Waals surface area contributed by atoms with Crippen molar-refractivity contribution in [1.82, 2.24) is 19.2 Å². The SMILES string of the molecule is Cc1cc(C(=O)NCc2nc3ccccc3n2C)cc(S(=O)(=O)N2CCC(C)CC2)c1C. The molecule has 1 N–H and O–H groups in total. The van der Waals surface area contributed by atoms with Gasteiger partial charge in [-0.3, -0.25) is 4.79 Å². The highest BCUT2D eigenvalue weighted by atomic mass is 32.2. The Bertz CT molecular complexity index is 1270. The van der Waals surface area contributed by atoms with E-state index in [-0.39, 0.29) is 17.3 Å². The van der Waals surface area contributed by atoms with Crippen LogP contribution in [-0.2, 0) is 23.6 Å². The van der Waals surface area contributed by atoms with Gasteiger partial charge in [0.15, 0.2) is 0 Å². The van der Waals surface area contributed by atoms with Crippen molar-refractivity contribution in [2.45, 2.75) is 45.1 Å². The zero-order chi connectivity index (χ0) is 23.0. The number of carbonyl (C=O) groups excluding carboxylic acids is 1. The van der Waals surface area contributed by atoms with E-state index in [0.717, 1.165) is 35.3 Å². The molecule has 0 radical (unpaired) electrons. The first-order valence-corrected chi connectivity index (χ1v) is 12.4. The predicted octanol–water partition coefficient (Wildman–Crippen LogP) is 3.54. The van der Waals surface area contributed by atoms with E-state index >= 15 is 0 Å². The number of nitrogens with zero attached hydrogens (tertiary/aromatic N) is 3. The van der Waals surface area contributed by atoms with Crippen LogP contribution in [0.15, 0.2) is 41.3 Å². The third kappa shape index (κ3) is 4.17. The minimum atomic E-state index is -3.65. The number of hydrogen-bond donors (Lipinski definition) is 1. The molecule has 2 aromatic carbocycles. The van der Waals surface area contributed by atoms with Crippen LogP contribution in [-0.4, -0.2) is 41.3 Å². The maximum Gasteiger partial charge on any atom is 0.251 e. The minimum Gasteiger partial charge on any atom is -0.345 e. The molecule has 0 unspecified atom stereocenters. The molecule has 0 spiro atoms. The van der Waals surface area contributed by atoms with E-state index in [1.54, 1.807) is 17.3 Å². The second-order valence-corrected chi connectivity index (χ2v) is 10.7. The molecular formula is C24H30N4O3S. The number of aromatic nitrogens is 2. The van der Waals surface area contributed by atoms with Gasteiger partial charge in [0.25, 0.3) is 5.91 Å². The first-order valence-electron chi connectivity index (χ1n) is 11.0. The molecule has 0 bridgehead atoms. The lowest BCUT2D eigenvalue weighted by molar-refractivity contribution is 0.0949. The van der Waals surface area contributed by atoms with Gasteiger partial charge in [-0.05, 0) is 68.0 Å². The van der Waals surface area contributed by atoms with Gasteiger partial charge in [0, 0.05) is 25.7 Å². The number of rotatable bonds is 5. The number of sulfonamides is 1. The third-order valence-electron chi connectivity index (χ3n) is 6.53. The van der Waals surface area contributed by atoms with E-state index in [0.29, 0.717) is 30.1 Å². The highest BCUT2D eigenvalue weighted by Gasteiger charge is 2.30. The van der Waals surface area contributed by atoms with Gasteiger partial charge in [0.05, 0.1) is 22.5 Å². The first-order chi connectivity index (χ1) is 15.2. The van der Waals surface area contributed by atoms with Gasteiger partial charge >= 0.3 is 0 Å². The summed E-state index contributed by atoms with van der Waals surface area (Å²) < 4.78 is 30.2. The van der Waals surface area contributed by atoms with Gasteiger partial charge in [0.2, 0.25) is 10.0 Å². The average molecular weight is 455 g/mol. The van der Waals surface area contributed by atoms with E-state index in [9.17, 15) is 13.2 Å². The molecule has 0 aliphatic carbocycles. The smallest absolute Gasteiger partial charge is 0.251 e. The fourth-order valence-electron chi connectivity index (χ4n) is 4.21. The standard InChI is InChI=1S/C24H30N4O3S/c1-16-9-11-28(12-10-16)32(30,31)22-14-19(13-17(2)18(22)3)24(29)25-15-23-26-20-7-5-6-8-21(20)27(23)4/h5-8,13-14,16H,9-12,15H2,1-4H3,(H,25,29). The maximum atomic E-state index is 13.3. The Morgan fingerprint density at radius 1 is 1.16 bits per heavy atom. The first kappa shape index (κ1) is 22.5. The van der Waals surface area contributed by atoms with Crippen molar-refractivity contribution in [3.63, 3.8) is 0 Å². The van der Waals surface area contributed by atoms with Crippen LogP contribution in [0.5, 0.6) is 0 Å². The summed E-state index contributed by atoms with van der Waals surface area (Å²) in [6.07, 6.45) is 1.71. The van der Waals surface area contributed by atoms with Crippen LogP contribution in [0.2, 0.25) is 0 Å². The summed E-state index contributed by atoms with van der Waals surface area (Å²) in [7, 11) is -1.74. The van der Waals surface area contributed by atoms with Crippen LogP contribution in [0.1, 0.15) is 47.1 Å². The van der Waals surface area contributed by atoms with Crippen LogP contribution in [0, 0.1) is 19.8 Å². The van der Waals surface area contributed by atoms with Crippen LogP contribution in [0.25, 0.3) is 11.0 Å². The van der Waals surface area contributed by atoms with Crippen LogP contribution in [0.3, 0.4) is 0 Å². The van der Waals surface area contributed by atoms with Gasteiger partial charge in [-0.25, -0.2) is 13.4 Å². The maximum absolute atomic E-state index is 13.3. The summed E-state index contributed by atoms with van der Waals surface area (Å²) in [5.74, 6) is 0.951. The summed E-state index contributed by atoms with van der Waals surface area (Å²) in [6.45, 7) is 7.08. The monoisotopic (exact) mass is 454 g/mol. The van der Waals surface area contributed by atoms with E-state index in [1.807, 2.05) is 42.8 Å². The summed E-state index contributed by atoms with van der Waals surface area (Å²) in [4.78, 5) is 17.8. The molecule has 8 heteroatoms.